The van der Waals surface area contributed by atoms with Gasteiger partial charge in [-0.2, -0.15) is 0 Å². The van der Waals surface area contributed by atoms with Crippen molar-refractivity contribution in [3.8, 4) is 11.5 Å². The fourth-order valence-corrected chi connectivity index (χ4v) is 6.35. The number of benzene rings is 5. The van der Waals surface area contributed by atoms with Crippen LogP contribution in [-0.4, -0.2) is 44.9 Å². The van der Waals surface area contributed by atoms with Gasteiger partial charge in [-0.15, -0.1) is 0 Å². The van der Waals surface area contributed by atoms with Crippen molar-refractivity contribution in [2.75, 3.05) is 18.4 Å². The van der Waals surface area contributed by atoms with Gasteiger partial charge in [0.05, 0.1) is 12.0 Å². The number of halogens is 2. The van der Waals surface area contributed by atoms with Crippen molar-refractivity contribution in [3.63, 3.8) is 0 Å². The summed E-state index contributed by atoms with van der Waals surface area (Å²) in [6, 6.07) is 33.3. The molecule has 0 fully saturated rings. The fraction of sp³-hybridized carbons (Fsp3) is 0.158. The van der Waals surface area contributed by atoms with Gasteiger partial charge in [-0.3, -0.25) is 14.3 Å². The lowest BCUT2D eigenvalue weighted by molar-refractivity contribution is -0.142. The van der Waals surface area contributed by atoms with Gasteiger partial charge in [0.15, 0.2) is 6.61 Å². The molecule has 2 N–H and O–H groups in total. The van der Waals surface area contributed by atoms with Gasteiger partial charge in [0.2, 0.25) is 5.91 Å². The second-order valence-corrected chi connectivity index (χ2v) is 13.4. The number of sulfonamides is 1. The molecule has 0 aliphatic carbocycles. The highest BCUT2D eigenvalue weighted by atomic mass is 35.5. The molecule has 0 heterocycles. The number of carbonyl (C=O) groups excluding carboxylic acids is 2. The predicted octanol–water partition coefficient (Wildman–Crippen LogP) is 6.62. The Balaban J connectivity index is 1.36. The number of carbonyl (C=O) groups is 2. The monoisotopic (exact) mass is 715 g/mol. The first-order chi connectivity index (χ1) is 24.1. The van der Waals surface area contributed by atoms with Gasteiger partial charge in [0.1, 0.15) is 23.4 Å². The molecule has 5 rings (SSSR count). The smallest absolute Gasteiger partial charge is 0.261 e. The lowest BCUT2D eigenvalue weighted by atomic mass is 10.0. The highest BCUT2D eigenvalue weighted by molar-refractivity contribution is 7.92. The molecule has 0 aliphatic heterocycles. The van der Waals surface area contributed by atoms with Crippen molar-refractivity contribution in [1.29, 1.82) is 0 Å². The first-order valence-corrected chi connectivity index (χ1v) is 17.5. The van der Waals surface area contributed by atoms with Crippen molar-refractivity contribution in [3.05, 3.63) is 155 Å². The Morgan fingerprint density at radius 1 is 0.820 bits per heavy atom. The summed E-state index contributed by atoms with van der Waals surface area (Å²) in [5.74, 6) is -0.463. The Morgan fingerprint density at radius 2 is 1.48 bits per heavy atom. The molecule has 0 radical (unpaired) electrons. The van der Waals surface area contributed by atoms with Crippen LogP contribution in [0.4, 0.5) is 10.1 Å². The lowest BCUT2D eigenvalue weighted by Crippen LogP contribution is -2.51. The minimum atomic E-state index is -3.97. The molecule has 0 saturated carbocycles. The number of nitrogens with zero attached hydrogens (tertiary/aromatic N) is 1. The van der Waals surface area contributed by atoms with E-state index < -0.39 is 34.4 Å². The van der Waals surface area contributed by atoms with Crippen LogP contribution in [0.3, 0.4) is 0 Å². The Kier molecular flexibility index (Phi) is 12.1. The van der Waals surface area contributed by atoms with Gasteiger partial charge >= 0.3 is 0 Å². The zero-order valence-electron chi connectivity index (χ0n) is 27.1. The Hall–Kier alpha value is -5.39. The van der Waals surface area contributed by atoms with E-state index in [1.54, 1.807) is 37.4 Å². The second kappa shape index (κ2) is 16.8. The highest BCUT2D eigenvalue weighted by Crippen LogP contribution is 2.22. The largest absolute Gasteiger partial charge is 0.496 e. The number of para-hydroxylation sites is 1. The third-order valence-corrected chi connectivity index (χ3v) is 9.42. The number of anilines is 1. The summed E-state index contributed by atoms with van der Waals surface area (Å²) < 4.78 is 52.6. The summed E-state index contributed by atoms with van der Waals surface area (Å²) in [6.07, 6.45) is 0.228. The van der Waals surface area contributed by atoms with Crippen molar-refractivity contribution in [2.45, 2.75) is 30.4 Å². The van der Waals surface area contributed by atoms with E-state index in [0.29, 0.717) is 10.8 Å². The van der Waals surface area contributed by atoms with Gasteiger partial charge in [0, 0.05) is 35.8 Å². The van der Waals surface area contributed by atoms with Crippen molar-refractivity contribution < 1.29 is 31.9 Å². The van der Waals surface area contributed by atoms with Crippen molar-refractivity contribution in [2.24, 2.45) is 0 Å². The molecule has 258 valence electrons. The van der Waals surface area contributed by atoms with Crippen molar-refractivity contribution in [1.82, 2.24) is 10.2 Å². The molecular formula is C38H35ClFN3O6S. The van der Waals surface area contributed by atoms with Crippen LogP contribution in [0.15, 0.2) is 132 Å². The molecule has 1 atom stereocenters. The molecular weight excluding hydrogens is 681 g/mol. The van der Waals surface area contributed by atoms with Crippen LogP contribution in [0.2, 0.25) is 5.02 Å². The number of hydrogen-bond donors (Lipinski definition) is 2. The number of rotatable bonds is 15. The van der Waals surface area contributed by atoms with Crippen LogP contribution >= 0.6 is 11.6 Å². The predicted molar refractivity (Wildman–Crippen MR) is 190 cm³/mol. The molecule has 0 unspecified atom stereocenters. The molecule has 0 aliphatic rings. The average molecular weight is 716 g/mol. The highest BCUT2D eigenvalue weighted by Gasteiger charge is 2.31. The Morgan fingerprint density at radius 3 is 2.16 bits per heavy atom. The van der Waals surface area contributed by atoms with Gasteiger partial charge in [-0.1, -0.05) is 72.3 Å². The number of nitrogens with one attached hydrogen (secondary N) is 2. The fourth-order valence-electron chi connectivity index (χ4n) is 5.16. The summed E-state index contributed by atoms with van der Waals surface area (Å²) in [6.45, 7) is -0.164. The zero-order valence-corrected chi connectivity index (χ0v) is 28.7. The van der Waals surface area contributed by atoms with Gasteiger partial charge in [-0.25, -0.2) is 12.8 Å². The summed E-state index contributed by atoms with van der Waals surface area (Å²) in [5.41, 5.74) is 2.58. The summed E-state index contributed by atoms with van der Waals surface area (Å²) in [5, 5.41) is 3.51. The van der Waals surface area contributed by atoms with E-state index >= 15 is 0 Å². The van der Waals surface area contributed by atoms with E-state index in [1.807, 2.05) is 48.5 Å². The summed E-state index contributed by atoms with van der Waals surface area (Å²) in [4.78, 5) is 29.4. The second-order valence-electron chi connectivity index (χ2n) is 11.3. The van der Waals surface area contributed by atoms with E-state index in [4.69, 9.17) is 21.1 Å². The van der Waals surface area contributed by atoms with E-state index in [9.17, 15) is 22.4 Å². The molecule has 0 bridgehead atoms. The first-order valence-electron chi connectivity index (χ1n) is 15.6. The number of methoxy groups -OCH3 is 1. The van der Waals surface area contributed by atoms with Crippen LogP contribution < -0.4 is 19.5 Å². The van der Waals surface area contributed by atoms with Gasteiger partial charge in [-0.05, 0) is 77.9 Å². The maximum Gasteiger partial charge on any atom is 0.261 e. The van der Waals surface area contributed by atoms with Crippen LogP contribution in [0.1, 0.15) is 16.7 Å². The van der Waals surface area contributed by atoms with E-state index in [-0.39, 0.29) is 41.7 Å². The zero-order chi connectivity index (χ0) is 35.5. The number of amides is 2. The van der Waals surface area contributed by atoms with E-state index in [1.165, 1.54) is 41.3 Å². The molecule has 2 amide bonds. The van der Waals surface area contributed by atoms with Crippen LogP contribution in [0, 0.1) is 5.82 Å². The van der Waals surface area contributed by atoms with Gasteiger partial charge < -0.3 is 19.7 Å². The minimum Gasteiger partial charge on any atom is -0.496 e. The average Bonchev–Trinajstić information content (AvgIpc) is 3.13. The topological polar surface area (TPSA) is 114 Å². The first kappa shape index (κ1) is 35.9. The Labute approximate surface area is 295 Å². The molecule has 0 spiro atoms. The van der Waals surface area contributed by atoms with E-state index in [0.717, 1.165) is 28.8 Å². The molecule has 5 aromatic carbocycles. The van der Waals surface area contributed by atoms with Crippen LogP contribution in [-0.2, 0) is 39.1 Å². The maximum absolute atomic E-state index is 14.0. The standard InChI is InChI=1S/C38H35ClFN3O6S/c1-48-36-10-6-5-9-29(36)24-41-38(45)35(23-27-7-3-2-4-8-27)43(25-28-11-13-30(39)14-12-28)37(44)26-49-33-19-21-34(22-20-33)50(46,47)42-32-17-15-31(40)16-18-32/h2-22,35,42H,23-26H2,1H3,(H,41,45)/t35-/m0/s1. The van der Waals surface area contributed by atoms with Crippen LogP contribution in [0.25, 0.3) is 0 Å². The van der Waals surface area contributed by atoms with Crippen molar-refractivity contribution >= 4 is 39.1 Å². The Bertz CT molecular complexity index is 2000. The summed E-state index contributed by atoms with van der Waals surface area (Å²) >= 11 is 6.13. The van der Waals surface area contributed by atoms with Crippen LogP contribution in [0.5, 0.6) is 11.5 Å². The number of hydrogen-bond acceptors (Lipinski definition) is 6. The maximum atomic E-state index is 14.0. The molecule has 0 aromatic heterocycles. The normalized spacial score (nSPS) is 11.7. The minimum absolute atomic E-state index is 0.0560. The number of ether oxygens (including phenoxy) is 2. The molecule has 5 aromatic rings. The third-order valence-electron chi connectivity index (χ3n) is 7.78. The quantitative estimate of drug-likeness (QED) is 0.126. The SMILES string of the molecule is COc1ccccc1CNC(=O)[C@H](Cc1ccccc1)N(Cc1ccc(Cl)cc1)C(=O)COc1ccc(S(=O)(=O)Nc2ccc(F)cc2)cc1. The third kappa shape index (κ3) is 9.83. The lowest BCUT2D eigenvalue weighted by Gasteiger charge is -2.31. The molecule has 9 nitrogen and oxygen atoms in total. The molecule has 50 heavy (non-hydrogen) atoms. The molecule has 12 heteroatoms. The summed E-state index contributed by atoms with van der Waals surface area (Å²) in [7, 11) is -2.41. The van der Waals surface area contributed by atoms with E-state index in [2.05, 4.69) is 10.0 Å². The molecule has 0 saturated heterocycles. The van der Waals surface area contributed by atoms with Gasteiger partial charge in [0.25, 0.3) is 15.9 Å².